The smallest absolute Gasteiger partial charge is 0.226 e. The van der Waals surface area contributed by atoms with E-state index in [4.69, 9.17) is 0 Å². The molecule has 0 bridgehead atoms. The first-order chi connectivity index (χ1) is 9.66. The van der Waals surface area contributed by atoms with Gasteiger partial charge in [0.2, 0.25) is 5.91 Å². The van der Waals surface area contributed by atoms with Crippen LogP contribution in [0, 0.1) is 17.8 Å². The summed E-state index contributed by atoms with van der Waals surface area (Å²) < 4.78 is 0. The van der Waals surface area contributed by atoms with Crippen molar-refractivity contribution in [3.8, 4) is 0 Å². The molecule has 0 aromatic carbocycles. The van der Waals surface area contributed by atoms with Crippen LogP contribution in [0.1, 0.15) is 51.9 Å². The summed E-state index contributed by atoms with van der Waals surface area (Å²) in [6.07, 6.45) is 11.2. The fraction of sp³-hybridized carbons (Fsp3) is 0.824. The van der Waals surface area contributed by atoms with Gasteiger partial charge in [-0.2, -0.15) is 0 Å². The number of carbonyl (C=O) groups excluding carboxylic acids is 1. The van der Waals surface area contributed by atoms with Gasteiger partial charge in [-0.05, 0) is 50.9 Å². The number of hydrogen-bond acceptors (Lipinski definition) is 2. The lowest BCUT2D eigenvalue weighted by molar-refractivity contribution is -0.138. The third-order valence-corrected chi connectivity index (χ3v) is 5.56. The van der Waals surface area contributed by atoms with E-state index < -0.39 is 0 Å². The summed E-state index contributed by atoms with van der Waals surface area (Å²) in [6, 6.07) is 0.292. The van der Waals surface area contributed by atoms with Gasteiger partial charge in [0.05, 0.1) is 6.10 Å². The van der Waals surface area contributed by atoms with E-state index in [0.29, 0.717) is 23.8 Å². The molecule has 3 aliphatic rings. The van der Waals surface area contributed by atoms with Crippen molar-refractivity contribution in [3.63, 3.8) is 0 Å². The molecule has 1 amide bonds. The van der Waals surface area contributed by atoms with Crippen LogP contribution in [0.2, 0.25) is 0 Å². The number of likely N-dealkylation sites (tertiary alicyclic amines) is 1. The van der Waals surface area contributed by atoms with Gasteiger partial charge in [0.25, 0.3) is 0 Å². The van der Waals surface area contributed by atoms with Crippen molar-refractivity contribution in [2.45, 2.75) is 64.0 Å². The van der Waals surface area contributed by atoms with E-state index in [1.807, 2.05) is 0 Å². The Balaban J connectivity index is 1.69. The first-order valence-electron chi connectivity index (χ1n) is 8.30. The third-order valence-electron chi connectivity index (χ3n) is 5.56. The monoisotopic (exact) mass is 277 g/mol. The number of allylic oxidation sites excluding steroid dienone is 2. The van der Waals surface area contributed by atoms with Gasteiger partial charge >= 0.3 is 0 Å². The highest BCUT2D eigenvalue weighted by molar-refractivity contribution is 5.80. The lowest BCUT2D eigenvalue weighted by Crippen LogP contribution is -2.47. The Kier molecular flexibility index (Phi) is 4.16. The zero-order valence-electron chi connectivity index (χ0n) is 12.5. The van der Waals surface area contributed by atoms with Crippen molar-refractivity contribution >= 4 is 5.91 Å². The van der Waals surface area contributed by atoms with Gasteiger partial charge in [0, 0.05) is 24.4 Å². The molecule has 2 fully saturated rings. The standard InChI is InChI=1S/C17H27NO2/c1-12-8-9-16(19)14(11-12)15-7-4-10-18(15)17(20)13-5-2-3-6-13/h2-3,12-16,19H,4-11H2,1H3/t12-,14-,15-,16+/m1/s1. The maximum atomic E-state index is 12.7. The molecule has 1 aliphatic heterocycles. The van der Waals surface area contributed by atoms with E-state index in [9.17, 15) is 9.90 Å². The average molecular weight is 277 g/mol. The Morgan fingerprint density at radius 2 is 1.95 bits per heavy atom. The van der Waals surface area contributed by atoms with Crippen molar-refractivity contribution in [1.82, 2.24) is 4.90 Å². The van der Waals surface area contributed by atoms with Crippen molar-refractivity contribution in [1.29, 1.82) is 0 Å². The molecule has 1 saturated heterocycles. The number of nitrogens with zero attached hydrogens (tertiary/aromatic N) is 1. The molecule has 0 unspecified atom stereocenters. The van der Waals surface area contributed by atoms with Gasteiger partial charge in [-0.3, -0.25) is 4.79 Å². The molecule has 0 spiro atoms. The minimum atomic E-state index is -0.202. The SMILES string of the molecule is C[C@@H]1CC[C@H](O)[C@@H]([C@H]2CCCN2C(=O)C2CC=CC2)C1. The number of amides is 1. The Morgan fingerprint density at radius 1 is 1.20 bits per heavy atom. The van der Waals surface area contributed by atoms with E-state index in [1.165, 1.54) is 0 Å². The van der Waals surface area contributed by atoms with Crippen LogP contribution in [0.3, 0.4) is 0 Å². The summed E-state index contributed by atoms with van der Waals surface area (Å²) in [4.78, 5) is 14.8. The van der Waals surface area contributed by atoms with Crippen molar-refractivity contribution < 1.29 is 9.90 Å². The molecule has 2 aliphatic carbocycles. The maximum absolute atomic E-state index is 12.7. The van der Waals surface area contributed by atoms with Crippen LogP contribution in [-0.2, 0) is 4.79 Å². The number of aliphatic hydroxyl groups is 1. The predicted molar refractivity (Wildman–Crippen MR) is 79.1 cm³/mol. The second-order valence-corrected chi connectivity index (χ2v) is 7.03. The Bertz CT molecular complexity index is 384. The molecule has 20 heavy (non-hydrogen) atoms. The maximum Gasteiger partial charge on any atom is 0.226 e. The van der Waals surface area contributed by atoms with Gasteiger partial charge in [0.15, 0.2) is 0 Å². The number of aliphatic hydroxyl groups excluding tert-OH is 1. The molecule has 0 aromatic heterocycles. The van der Waals surface area contributed by atoms with Crippen LogP contribution in [0.25, 0.3) is 0 Å². The van der Waals surface area contributed by atoms with Gasteiger partial charge in [-0.15, -0.1) is 0 Å². The van der Waals surface area contributed by atoms with Crippen molar-refractivity contribution in [2.24, 2.45) is 17.8 Å². The predicted octanol–water partition coefficient (Wildman–Crippen LogP) is 2.74. The molecule has 3 heteroatoms. The summed E-state index contributed by atoms with van der Waals surface area (Å²) in [6.45, 7) is 3.18. The molecule has 0 aromatic rings. The molecular formula is C17H27NO2. The zero-order chi connectivity index (χ0) is 14.1. The topological polar surface area (TPSA) is 40.5 Å². The van der Waals surface area contributed by atoms with E-state index in [0.717, 1.165) is 51.5 Å². The molecule has 1 heterocycles. The fourth-order valence-electron chi connectivity index (χ4n) is 4.39. The zero-order valence-corrected chi connectivity index (χ0v) is 12.5. The van der Waals surface area contributed by atoms with E-state index >= 15 is 0 Å². The number of carbonyl (C=O) groups is 1. The molecule has 4 atom stereocenters. The van der Waals surface area contributed by atoms with E-state index in [2.05, 4.69) is 24.0 Å². The minimum Gasteiger partial charge on any atom is -0.393 e. The first-order valence-corrected chi connectivity index (χ1v) is 8.30. The van der Waals surface area contributed by atoms with Crippen molar-refractivity contribution in [2.75, 3.05) is 6.54 Å². The highest BCUT2D eigenvalue weighted by Crippen LogP contribution is 2.38. The number of hydrogen-bond donors (Lipinski definition) is 1. The molecule has 3 nitrogen and oxygen atoms in total. The highest BCUT2D eigenvalue weighted by Gasteiger charge is 2.41. The largest absolute Gasteiger partial charge is 0.393 e. The van der Waals surface area contributed by atoms with E-state index in [1.54, 1.807) is 0 Å². The summed E-state index contributed by atoms with van der Waals surface area (Å²) in [5.41, 5.74) is 0. The van der Waals surface area contributed by atoms with Crippen LogP contribution < -0.4 is 0 Å². The van der Waals surface area contributed by atoms with Gasteiger partial charge in [0.1, 0.15) is 0 Å². The summed E-state index contributed by atoms with van der Waals surface area (Å²) >= 11 is 0. The molecule has 0 radical (unpaired) electrons. The highest BCUT2D eigenvalue weighted by atomic mass is 16.3. The Labute approximate surface area is 122 Å². The Hall–Kier alpha value is -0.830. The van der Waals surface area contributed by atoms with Gasteiger partial charge in [-0.25, -0.2) is 0 Å². The second kappa shape index (κ2) is 5.88. The molecular weight excluding hydrogens is 250 g/mol. The first kappa shape index (κ1) is 14.1. The fourth-order valence-corrected chi connectivity index (χ4v) is 4.39. The Morgan fingerprint density at radius 3 is 2.70 bits per heavy atom. The van der Waals surface area contributed by atoms with Gasteiger partial charge in [-0.1, -0.05) is 19.1 Å². The number of rotatable bonds is 2. The van der Waals surface area contributed by atoms with Crippen LogP contribution in [0.5, 0.6) is 0 Å². The van der Waals surface area contributed by atoms with Crippen LogP contribution in [0.15, 0.2) is 12.2 Å². The molecule has 3 rings (SSSR count). The van der Waals surface area contributed by atoms with Crippen LogP contribution >= 0.6 is 0 Å². The van der Waals surface area contributed by atoms with Crippen molar-refractivity contribution in [3.05, 3.63) is 12.2 Å². The summed E-state index contributed by atoms with van der Waals surface area (Å²) in [7, 11) is 0. The minimum absolute atomic E-state index is 0.175. The van der Waals surface area contributed by atoms with Crippen LogP contribution in [-0.4, -0.2) is 34.6 Å². The lowest BCUT2D eigenvalue weighted by Gasteiger charge is -2.40. The van der Waals surface area contributed by atoms with Gasteiger partial charge < -0.3 is 10.0 Å². The average Bonchev–Trinajstić information content (AvgIpc) is 3.11. The quantitative estimate of drug-likeness (QED) is 0.788. The van der Waals surface area contributed by atoms with Crippen LogP contribution in [0.4, 0.5) is 0 Å². The second-order valence-electron chi connectivity index (χ2n) is 7.03. The lowest BCUT2D eigenvalue weighted by atomic mass is 9.76. The molecule has 1 N–H and O–H groups in total. The normalized spacial score (nSPS) is 38.6. The summed E-state index contributed by atoms with van der Waals surface area (Å²) in [5.74, 6) is 1.50. The third kappa shape index (κ3) is 2.65. The van der Waals surface area contributed by atoms with E-state index in [-0.39, 0.29) is 12.0 Å². The summed E-state index contributed by atoms with van der Waals surface area (Å²) in [5, 5.41) is 10.4. The molecule has 112 valence electrons. The molecule has 1 saturated carbocycles.